The maximum absolute atomic E-state index is 4.74. The standard InChI is InChI=1S/C13H29NSi.C3H10O3Si/c1-13(2,3)15(5,6)14(4)12-10-8-7-9-11-12;1-4-7(5-2)6-3/h12H,7-11H2,1-6H3;7H,1-3H3. The van der Waals surface area contributed by atoms with Gasteiger partial charge in [-0.3, -0.25) is 0 Å². The third-order valence-corrected chi connectivity index (χ3v) is 12.4. The molecule has 0 spiro atoms. The molecule has 0 aromatic rings. The maximum atomic E-state index is 4.74. The Morgan fingerprint density at radius 3 is 1.59 bits per heavy atom. The van der Waals surface area contributed by atoms with E-state index in [0.29, 0.717) is 5.04 Å². The second kappa shape index (κ2) is 10.2. The molecule has 0 heterocycles. The molecule has 0 atom stereocenters. The maximum Gasteiger partial charge on any atom is 0.483 e. The molecule has 6 heteroatoms. The van der Waals surface area contributed by atoms with Crippen LogP contribution < -0.4 is 0 Å². The molecule has 1 fully saturated rings. The first-order chi connectivity index (χ1) is 10.1. The van der Waals surface area contributed by atoms with E-state index < -0.39 is 17.8 Å². The monoisotopic (exact) mass is 349 g/mol. The molecule has 0 unspecified atom stereocenters. The number of hydrogen-bond donors (Lipinski definition) is 0. The van der Waals surface area contributed by atoms with Crippen molar-refractivity contribution in [3.8, 4) is 0 Å². The largest absolute Gasteiger partial charge is 0.483 e. The molecule has 1 rings (SSSR count). The zero-order valence-electron chi connectivity index (χ0n) is 16.4. The van der Waals surface area contributed by atoms with Crippen molar-refractivity contribution in [2.75, 3.05) is 28.4 Å². The zero-order chi connectivity index (χ0) is 17.4. The third kappa shape index (κ3) is 6.80. The Morgan fingerprint density at radius 1 is 0.909 bits per heavy atom. The number of hydrogen-bond acceptors (Lipinski definition) is 4. The Balaban J connectivity index is 0.000000534. The van der Waals surface area contributed by atoms with Crippen LogP contribution in [0.4, 0.5) is 0 Å². The summed E-state index contributed by atoms with van der Waals surface area (Å²) in [5, 5.41) is 0.485. The number of rotatable bonds is 5. The van der Waals surface area contributed by atoms with Gasteiger partial charge in [0.25, 0.3) is 0 Å². The lowest BCUT2D eigenvalue weighted by atomic mass is 9.96. The molecule has 134 valence electrons. The van der Waals surface area contributed by atoms with E-state index in [1.54, 1.807) is 21.3 Å². The van der Waals surface area contributed by atoms with E-state index >= 15 is 0 Å². The van der Waals surface area contributed by atoms with E-state index in [4.69, 9.17) is 13.3 Å². The van der Waals surface area contributed by atoms with E-state index in [9.17, 15) is 0 Å². The van der Waals surface area contributed by atoms with Gasteiger partial charge in [0, 0.05) is 27.4 Å². The van der Waals surface area contributed by atoms with E-state index in [-0.39, 0.29) is 0 Å². The lowest BCUT2D eigenvalue weighted by Crippen LogP contribution is -2.57. The Morgan fingerprint density at radius 2 is 1.32 bits per heavy atom. The van der Waals surface area contributed by atoms with Crippen molar-refractivity contribution in [2.45, 2.75) is 77.0 Å². The molecule has 0 N–H and O–H groups in total. The van der Waals surface area contributed by atoms with Crippen LogP contribution in [0, 0.1) is 0 Å². The summed E-state index contributed by atoms with van der Waals surface area (Å²) in [6, 6.07) is 0.875. The topological polar surface area (TPSA) is 30.9 Å². The molecule has 1 aliphatic rings. The molecule has 0 saturated heterocycles. The van der Waals surface area contributed by atoms with Crippen LogP contribution in [0.5, 0.6) is 0 Å². The number of nitrogens with zero attached hydrogens (tertiary/aromatic N) is 1. The highest BCUT2D eigenvalue weighted by Crippen LogP contribution is 2.40. The minimum Gasteiger partial charge on any atom is -0.379 e. The van der Waals surface area contributed by atoms with Crippen LogP contribution in [0.3, 0.4) is 0 Å². The quantitative estimate of drug-likeness (QED) is 0.704. The highest BCUT2D eigenvalue weighted by atomic mass is 28.3. The summed E-state index contributed by atoms with van der Waals surface area (Å²) in [4.78, 5) is 0. The van der Waals surface area contributed by atoms with E-state index in [1.165, 1.54) is 32.1 Å². The van der Waals surface area contributed by atoms with E-state index in [2.05, 4.69) is 45.5 Å². The molecule has 22 heavy (non-hydrogen) atoms. The lowest BCUT2D eigenvalue weighted by Gasteiger charge is -2.48. The van der Waals surface area contributed by atoms with E-state index in [1.807, 2.05) is 0 Å². The van der Waals surface area contributed by atoms with Gasteiger partial charge in [-0.1, -0.05) is 53.1 Å². The van der Waals surface area contributed by atoms with Gasteiger partial charge in [-0.15, -0.1) is 0 Å². The molecule has 0 bridgehead atoms. The van der Waals surface area contributed by atoms with Gasteiger partial charge in [0.2, 0.25) is 0 Å². The first-order valence-electron chi connectivity index (χ1n) is 8.43. The van der Waals surface area contributed by atoms with Crippen LogP contribution in [0.25, 0.3) is 0 Å². The van der Waals surface area contributed by atoms with Gasteiger partial charge in [0.1, 0.15) is 8.24 Å². The molecule has 0 aromatic heterocycles. The fraction of sp³-hybridized carbons (Fsp3) is 1.00. The van der Waals surface area contributed by atoms with Gasteiger partial charge in [0.05, 0.1) is 0 Å². The average molecular weight is 350 g/mol. The van der Waals surface area contributed by atoms with Crippen molar-refractivity contribution in [3.05, 3.63) is 0 Å². The molecule has 1 saturated carbocycles. The smallest absolute Gasteiger partial charge is 0.379 e. The van der Waals surface area contributed by atoms with Crippen LogP contribution in [0.1, 0.15) is 52.9 Å². The molecule has 4 nitrogen and oxygen atoms in total. The molecular formula is C16H39NO3Si2. The Kier molecular flexibility index (Phi) is 10.3. The predicted octanol–water partition coefficient (Wildman–Crippen LogP) is 3.90. The summed E-state index contributed by atoms with van der Waals surface area (Å²) in [6.07, 6.45) is 7.22. The second-order valence-electron chi connectivity index (χ2n) is 7.71. The van der Waals surface area contributed by atoms with E-state index in [0.717, 1.165) is 6.04 Å². The fourth-order valence-electron chi connectivity index (χ4n) is 2.74. The summed E-state index contributed by atoms with van der Waals surface area (Å²) in [7, 11) is 4.17. The van der Waals surface area contributed by atoms with Gasteiger partial charge in [0.15, 0.2) is 0 Å². The average Bonchev–Trinajstić information content (AvgIpc) is 2.48. The SMILES string of the molecule is CN(C1CCCCC1)[Si](C)(C)C(C)(C)C.CO[SiH](OC)OC. The summed E-state index contributed by atoms with van der Waals surface area (Å²) in [6.45, 7) is 12.3. The van der Waals surface area contributed by atoms with Crippen LogP contribution in [0.15, 0.2) is 0 Å². The Labute approximate surface area is 141 Å². The zero-order valence-corrected chi connectivity index (χ0v) is 18.5. The minimum atomic E-state index is -1.67. The van der Waals surface area contributed by atoms with Crippen molar-refractivity contribution < 1.29 is 13.3 Å². The summed E-state index contributed by atoms with van der Waals surface area (Å²) >= 11 is 0. The molecule has 1 aliphatic carbocycles. The van der Waals surface area contributed by atoms with Crippen molar-refractivity contribution in [3.63, 3.8) is 0 Å². The molecular weight excluding hydrogens is 310 g/mol. The summed E-state index contributed by atoms with van der Waals surface area (Å²) in [5.41, 5.74) is 0. The molecule has 0 radical (unpaired) electrons. The second-order valence-corrected chi connectivity index (χ2v) is 15.0. The molecule has 0 amide bonds. The van der Waals surface area contributed by atoms with Crippen LogP contribution in [-0.2, 0) is 13.3 Å². The highest BCUT2D eigenvalue weighted by Gasteiger charge is 2.41. The van der Waals surface area contributed by atoms with Crippen molar-refractivity contribution in [2.24, 2.45) is 0 Å². The Hall–Kier alpha value is 0.274. The van der Waals surface area contributed by atoms with Crippen LogP contribution in [0.2, 0.25) is 18.1 Å². The summed E-state index contributed by atoms with van der Waals surface area (Å²) in [5.74, 6) is 0. The van der Waals surface area contributed by atoms with Crippen LogP contribution in [-0.4, -0.2) is 56.7 Å². The highest BCUT2D eigenvalue weighted by molar-refractivity contribution is 6.77. The van der Waals surface area contributed by atoms with Crippen molar-refractivity contribution in [1.82, 2.24) is 4.57 Å². The lowest BCUT2D eigenvalue weighted by molar-refractivity contribution is 0.163. The van der Waals surface area contributed by atoms with Gasteiger partial charge in [-0.25, -0.2) is 0 Å². The van der Waals surface area contributed by atoms with Gasteiger partial charge >= 0.3 is 9.53 Å². The predicted molar refractivity (Wildman–Crippen MR) is 100 cm³/mol. The van der Waals surface area contributed by atoms with Gasteiger partial charge in [-0.05, 0) is 24.9 Å². The van der Waals surface area contributed by atoms with Crippen molar-refractivity contribution >= 4 is 17.8 Å². The van der Waals surface area contributed by atoms with Gasteiger partial charge in [-0.2, -0.15) is 0 Å². The van der Waals surface area contributed by atoms with Gasteiger partial charge < -0.3 is 17.8 Å². The molecule has 0 aromatic carbocycles. The third-order valence-electron chi connectivity index (χ3n) is 5.42. The first-order valence-corrected chi connectivity index (χ1v) is 12.8. The normalized spacial score (nSPS) is 17.6. The Bertz CT molecular complexity index is 280. The summed E-state index contributed by atoms with van der Waals surface area (Å²) < 4.78 is 17.0. The first kappa shape index (κ1) is 22.3. The fourth-order valence-corrected chi connectivity index (χ4v) is 5.55. The molecule has 0 aliphatic heterocycles. The van der Waals surface area contributed by atoms with Crippen molar-refractivity contribution in [1.29, 1.82) is 0 Å². The van der Waals surface area contributed by atoms with Crippen LogP contribution >= 0.6 is 0 Å². The minimum absolute atomic E-state index is 0.485.